The molecular formula is C18H19Cl2N3O3. The number of nitrogens with zero attached hydrogens (tertiary/aromatic N) is 1. The maximum atomic E-state index is 12.1. The third-order valence-corrected chi connectivity index (χ3v) is 4.11. The van der Waals surface area contributed by atoms with E-state index in [1.807, 2.05) is 0 Å². The number of rotatable bonds is 6. The second kappa shape index (κ2) is 9.40. The number of hydrogen-bond acceptors (Lipinski definition) is 4. The molecule has 0 aliphatic rings. The van der Waals surface area contributed by atoms with Crippen LogP contribution in [0.1, 0.15) is 41.0 Å². The minimum Gasteiger partial charge on any atom is -0.494 e. The van der Waals surface area contributed by atoms with Crippen LogP contribution in [0.3, 0.4) is 0 Å². The molecule has 0 saturated heterocycles. The van der Waals surface area contributed by atoms with Crippen molar-refractivity contribution in [3.8, 4) is 5.75 Å². The Labute approximate surface area is 161 Å². The van der Waals surface area contributed by atoms with Crippen LogP contribution in [-0.2, 0) is 0 Å². The molecule has 0 spiro atoms. The van der Waals surface area contributed by atoms with Gasteiger partial charge in [0.05, 0.1) is 17.2 Å². The predicted molar refractivity (Wildman–Crippen MR) is 101 cm³/mol. The number of carbonyl (C=O) groups is 2. The molecule has 1 heterocycles. The SMILES string of the molecule is CC(C)CCOc1ccc(C(=O)NNC(=O)c2cnc(Cl)c(Cl)c2)cc1. The van der Waals surface area contributed by atoms with Gasteiger partial charge in [-0.25, -0.2) is 4.98 Å². The Morgan fingerprint density at radius 1 is 1.08 bits per heavy atom. The zero-order valence-corrected chi connectivity index (χ0v) is 15.9. The quantitative estimate of drug-likeness (QED) is 0.574. The molecule has 0 saturated carbocycles. The van der Waals surface area contributed by atoms with Crippen LogP contribution in [0.4, 0.5) is 0 Å². The third kappa shape index (κ3) is 5.89. The first-order valence-electron chi connectivity index (χ1n) is 8.01. The highest BCUT2D eigenvalue weighted by atomic mass is 35.5. The van der Waals surface area contributed by atoms with E-state index in [-0.39, 0.29) is 15.7 Å². The molecule has 26 heavy (non-hydrogen) atoms. The van der Waals surface area contributed by atoms with Crippen molar-refractivity contribution in [2.24, 2.45) is 5.92 Å². The smallest absolute Gasteiger partial charge is 0.271 e. The van der Waals surface area contributed by atoms with Crippen LogP contribution in [-0.4, -0.2) is 23.4 Å². The number of benzene rings is 1. The molecule has 0 bridgehead atoms. The predicted octanol–water partition coefficient (Wildman–Crippen LogP) is 3.89. The van der Waals surface area contributed by atoms with Crippen LogP contribution in [0, 0.1) is 5.92 Å². The monoisotopic (exact) mass is 395 g/mol. The van der Waals surface area contributed by atoms with E-state index in [1.165, 1.54) is 12.3 Å². The first kappa shape index (κ1) is 20.0. The lowest BCUT2D eigenvalue weighted by Gasteiger charge is -2.10. The van der Waals surface area contributed by atoms with Gasteiger partial charge in [-0.3, -0.25) is 20.4 Å². The van der Waals surface area contributed by atoms with Crippen molar-refractivity contribution < 1.29 is 14.3 Å². The Morgan fingerprint density at radius 3 is 2.27 bits per heavy atom. The summed E-state index contributed by atoms with van der Waals surface area (Å²) in [5, 5.41) is 0.252. The molecule has 0 atom stereocenters. The summed E-state index contributed by atoms with van der Waals surface area (Å²) in [6.45, 7) is 4.87. The van der Waals surface area contributed by atoms with Gasteiger partial charge in [-0.1, -0.05) is 37.0 Å². The Morgan fingerprint density at radius 2 is 1.69 bits per heavy atom. The van der Waals surface area contributed by atoms with Crippen molar-refractivity contribution in [1.82, 2.24) is 15.8 Å². The Balaban J connectivity index is 1.87. The minimum absolute atomic E-state index is 0.1000. The van der Waals surface area contributed by atoms with Gasteiger partial charge in [0.2, 0.25) is 0 Å². The number of pyridine rings is 1. The summed E-state index contributed by atoms with van der Waals surface area (Å²) in [5.41, 5.74) is 5.18. The van der Waals surface area contributed by atoms with Gasteiger partial charge in [0.25, 0.3) is 11.8 Å². The van der Waals surface area contributed by atoms with E-state index >= 15 is 0 Å². The van der Waals surface area contributed by atoms with Gasteiger partial charge in [-0.2, -0.15) is 0 Å². The van der Waals surface area contributed by atoms with Crippen LogP contribution in [0.5, 0.6) is 5.75 Å². The van der Waals surface area contributed by atoms with Crippen molar-refractivity contribution in [2.75, 3.05) is 6.61 Å². The summed E-state index contributed by atoms with van der Waals surface area (Å²) in [6, 6.07) is 8.02. The molecule has 2 N–H and O–H groups in total. The average Bonchev–Trinajstić information content (AvgIpc) is 2.62. The topological polar surface area (TPSA) is 80.3 Å². The number of ether oxygens (including phenoxy) is 1. The Kier molecular flexibility index (Phi) is 7.24. The van der Waals surface area contributed by atoms with E-state index in [0.717, 1.165) is 6.42 Å². The van der Waals surface area contributed by atoms with Gasteiger partial charge in [0.15, 0.2) is 0 Å². The molecule has 138 valence electrons. The van der Waals surface area contributed by atoms with Crippen LogP contribution in [0.15, 0.2) is 36.5 Å². The summed E-state index contributed by atoms with van der Waals surface area (Å²) in [4.78, 5) is 27.8. The van der Waals surface area contributed by atoms with Gasteiger partial charge in [-0.05, 0) is 42.7 Å². The first-order chi connectivity index (χ1) is 12.4. The average molecular weight is 396 g/mol. The van der Waals surface area contributed by atoms with E-state index < -0.39 is 11.8 Å². The second-order valence-corrected chi connectivity index (χ2v) is 6.73. The number of nitrogens with one attached hydrogen (secondary N) is 2. The van der Waals surface area contributed by atoms with Gasteiger partial charge in [0.1, 0.15) is 10.9 Å². The highest BCUT2D eigenvalue weighted by Crippen LogP contribution is 2.19. The zero-order chi connectivity index (χ0) is 19.1. The van der Waals surface area contributed by atoms with Crippen LogP contribution < -0.4 is 15.6 Å². The molecule has 1 aromatic carbocycles. The van der Waals surface area contributed by atoms with Gasteiger partial charge < -0.3 is 4.74 Å². The summed E-state index contributed by atoms with van der Waals surface area (Å²) in [7, 11) is 0. The summed E-state index contributed by atoms with van der Waals surface area (Å²) in [5.74, 6) is 0.237. The van der Waals surface area contributed by atoms with Crippen molar-refractivity contribution in [1.29, 1.82) is 0 Å². The van der Waals surface area contributed by atoms with Gasteiger partial charge >= 0.3 is 0 Å². The van der Waals surface area contributed by atoms with E-state index in [1.54, 1.807) is 24.3 Å². The number of hydrazine groups is 1. The lowest BCUT2D eigenvalue weighted by Crippen LogP contribution is -2.41. The molecule has 8 heteroatoms. The zero-order valence-electron chi connectivity index (χ0n) is 14.4. The molecule has 2 rings (SSSR count). The third-order valence-electron chi connectivity index (χ3n) is 3.43. The molecule has 0 fully saturated rings. The van der Waals surface area contributed by atoms with Crippen molar-refractivity contribution in [2.45, 2.75) is 20.3 Å². The molecule has 2 amide bonds. The maximum absolute atomic E-state index is 12.1. The number of halogens is 2. The molecule has 0 radical (unpaired) electrons. The lowest BCUT2D eigenvalue weighted by molar-refractivity contribution is 0.0846. The minimum atomic E-state index is -0.557. The fourth-order valence-electron chi connectivity index (χ4n) is 1.92. The lowest BCUT2D eigenvalue weighted by atomic mass is 10.1. The fourth-order valence-corrected chi connectivity index (χ4v) is 2.19. The number of aromatic nitrogens is 1. The first-order valence-corrected chi connectivity index (χ1v) is 8.77. The number of hydrogen-bond donors (Lipinski definition) is 2. The van der Waals surface area contributed by atoms with Crippen LogP contribution >= 0.6 is 23.2 Å². The molecule has 0 aliphatic heterocycles. The standard InChI is InChI=1S/C18H19Cl2N3O3/c1-11(2)7-8-26-14-5-3-12(4-6-14)17(24)22-23-18(25)13-9-15(19)16(20)21-10-13/h3-6,9-11H,7-8H2,1-2H3,(H,22,24)(H,23,25). The van der Waals surface area contributed by atoms with Crippen molar-refractivity contribution in [3.63, 3.8) is 0 Å². The van der Waals surface area contributed by atoms with E-state index in [0.29, 0.717) is 23.8 Å². The van der Waals surface area contributed by atoms with Gasteiger partial charge in [0, 0.05) is 11.8 Å². The summed E-state index contributed by atoms with van der Waals surface area (Å²) in [6.07, 6.45) is 2.22. The van der Waals surface area contributed by atoms with Crippen molar-refractivity contribution in [3.05, 3.63) is 57.8 Å². The highest BCUT2D eigenvalue weighted by Gasteiger charge is 2.11. The highest BCUT2D eigenvalue weighted by molar-refractivity contribution is 6.41. The fraction of sp³-hybridized carbons (Fsp3) is 0.278. The maximum Gasteiger partial charge on any atom is 0.271 e. The molecular weight excluding hydrogens is 377 g/mol. The van der Waals surface area contributed by atoms with E-state index in [9.17, 15) is 9.59 Å². The van der Waals surface area contributed by atoms with Crippen LogP contribution in [0.2, 0.25) is 10.2 Å². The Hall–Kier alpha value is -2.31. The normalized spacial score (nSPS) is 10.5. The van der Waals surface area contributed by atoms with E-state index in [4.69, 9.17) is 27.9 Å². The molecule has 0 unspecified atom stereocenters. The summed E-state index contributed by atoms with van der Waals surface area (Å²) >= 11 is 11.5. The largest absolute Gasteiger partial charge is 0.494 e. The Bertz CT molecular complexity index is 780. The second-order valence-electron chi connectivity index (χ2n) is 5.96. The van der Waals surface area contributed by atoms with E-state index in [2.05, 4.69) is 29.7 Å². The molecule has 0 aliphatic carbocycles. The molecule has 6 nitrogen and oxygen atoms in total. The summed E-state index contributed by atoms with van der Waals surface area (Å²) < 4.78 is 5.60. The van der Waals surface area contributed by atoms with Crippen molar-refractivity contribution >= 4 is 35.0 Å². The van der Waals surface area contributed by atoms with Gasteiger partial charge in [-0.15, -0.1) is 0 Å². The molecule has 1 aromatic heterocycles. The molecule has 2 aromatic rings. The van der Waals surface area contributed by atoms with Crippen LogP contribution in [0.25, 0.3) is 0 Å². The number of amides is 2. The number of carbonyl (C=O) groups excluding carboxylic acids is 2.